The second-order valence-corrected chi connectivity index (χ2v) is 7.61. The fraction of sp³-hybridized carbons (Fsp3) is 0.158. The molecule has 0 saturated carbocycles. The fourth-order valence-electron chi connectivity index (χ4n) is 2.15. The zero-order chi connectivity index (χ0) is 24.5. The first kappa shape index (κ1) is 26.1. The molecule has 0 spiro atoms. The molecule has 0 radical (unpaired) electrons. The Labute approximate surface area is 183 Å². The van der Waals surface area contributed by atoms with E-state index in [1.165, 1.54) is 60.5 Å². The number of hydrogen-bond donors (Lipinski definition) is 5. The van der Waals surface area contributed by atoms with Crippen molar-refractivity contribution < 1.29 is 37.2 Å². The maximum Gasteiger partial charge on any atom is 0.343 e. The van der Waals surface area contributed by atoms with Crippen LogP contribution in [0.5, 0.6) is 5.75 Å². The van der Waals surface area contributed by atoms with Crippen molar-refractivity contribution in [2.24, 2.45) is 5.73 Å². The van der Waals surface area contributed by atoms with Gasteiger partial charge in [0, 0.05) is 12.7 Å². The molecule has 6 N–H and O–H groups in total. The number of carboxylic acids is 1. The van der Waals surface area contributed by atoms with Crippen LogP contribution < -0.4 is 20.7 Å². The topological polar surface area (TPSA) is 200 Å². The van der Waals surface area contributed by atoms with E-state index in [1.807, 2.05) is 0 Å². The number of ether oxygens (including phenoxy) is 1. The van der Waals surface area contributed by atoms with E-state index in [4.69, 9.17) is 25.5 Å². The van der Waals surface area contributed by atoms with Gasteiger partial charge in [-0.25, -0.2) is 9.59 Å². The molecular formula is C19H22N4O8S. The molecule has 2 aromatic rings. The van der Waals surface area contributed by atoms with Crippen molar-refractivity contribution in [1.29, 1.82) is 5.41 Å². The molecule has 0 unspecified atom stereocenters. The van der Waals surface area contributed by atoms with E-state index in [0.717, 1.165) is 0 Å². The van der Waals surface area contributed by atoms with Gasteiger partial charge < -0.3 is 25.8 Å². The van der Waals surface area contributed by atoms with Crippen LogP contribution in [0.3, 0.4) is 0 Å². The first-order chi connectivity index (χ1) is 14.8. The van der Waals surface area contributed by atoms with Gasteiger partial charge in [-0.15, -0.1) is 0 Å². The Bertz CT molecular complexity index is 1080. The molecule has 172 valence electrons. The number of benzene rings is 2. The number of nitrogens with two attached hydrogens (primary N) is 1. The summed E-state index contributed by atoms with van der Waals surface area (Å²) in [4.78, 5) is 35.8. The number of likely N-dealkylation sites (N-methyl/N-ethyl adjacent to an activating group) is 1. The molecule has 13 heteroatoms. The summed E-state index contributed by atoms with van der Waals surface area (Å²) in [5.74, 6) is -2.13. The van der Waals surface area contributed by atoms with Gasteiger partial charge >= 0.3 is 11.9 Å². The minimum atomic E-state index is -3.67. The minimum absolute atomic E-state index is 0.0830. The highest BCUT2D eigenvalue weighted by molar-refractivity contribution is 7.85. The standard InChI is InChI=1S/C18H18N4O5.CH4O3S/c1-21-15(23)10-22(18(19)20)13-6-2-12(3-7-13)17(26)27-14-8-4-11(5-9-14)16(24)25;1-5(2,3)4/h2-9H,10H2,1H3,(H3,19,20)(H,21,23)(H,24,25);1H3,(H,2,3,4). The van der Waals surface area contributed by atoms with Gasteiger partial charge in [0.1, 0.15) is 12.3 Å². The number of carboxylic acid groups (broad SMARTS) is 1. The summed E-state index contributed by atoms with van der Waals surface area (Å²) >= 11 is 0. The molecule has 2 aromatic carbocycles. The number of carbonyl (C=O) groups excluding carboxylic acids is 2. The molecule has 0 aliphatic rings. The van der Waals surface area contributed by atoms with Crippen LogP contribution in [0.4, 0.5) is 5.69 Å². The Morgan fingerprint density at radius 2 is 1.53 bits per heavy atom. The first-order valence-corrected chi connectivity index (χ1v) is 10.6. The SMILES string of the molecule is CNC(=O)CN(C(=N)N)c1ccc(C(=O)Oc2ccc(C(=O)O)cc2)cc1.CS(=O)(=O)O. The Balaban J connectivity index is 0.000000920. The average molecular weight is 466 g/mol. The molecule has 0 heterocycles. The lowest BCUT2D eigenvalue weighted by atomic mass is 10.2. The van der Waals surface area contributed by atoms with Gasteiger partial charge in [-0.1, -0.05) is 0 Å². The Kier molecular flexibility index (Phi) is 9.31. The minimum Gasteiger partial charge on any atom is -0.478 e. The van der Waals surface area contributed by atoms with Crippen molar-refractivity contribution in [2.75, 3.05) is 24.7 Å². The van der Waals surface area contributed by atoms with Crippen LogP contribution in [0.1, 0.15) is 20.7 Å². The van der Waals surface area contributed by atoms with Gasteiger partial charge in [-0.05, 0) is 48.5 Å². The number of amides is 1. The van der Waals surface area contributed by atoms with Crippen LogP contribution in [-0.4, -0.2) is 61.7 Å². The van der Waals surface area contributed by atoms with Crippen molar-refractivity contribution in [3.8, 4) is 5.75 Å². The first-order valence-electron chi connectivity index (χ1n) is 8.72. The van der Waals surface area contributed by atoms with Crippen molar-refractivity contribution >= 4 is 39.6 Å². The predicted octanol–water partition coefficient (Wildman–Crippen LogP) is 0.554. The van der Waals surface area contributed by atoms with Crippen molar-refractivity contribution in [3.05, 3.63) is 59.7 Å². The Hall–Kier alpha value is -3.97. The number of anilines is 1. The molecule has 0 bridgehead atoms. The van der Waals surface area contributed by atoms with E-state index >= 15 is 0 Å². The Morgan fingerprint density at radius 1 is 1.06 bits per heavy atom. The lowest BCUT2D eigenvalue weighted by molar-refractivity contribution is -0.119. The summed E-state index contributed by atoms with van der Waals surface area (Å²) in [6.45, 7) is -0.133. The van der Waals surface area contributed by atoms with Gasteiger partial charge in [0.05, 0.1) is 17.4 Å². The molecule has 0 atom stereocenters. The highest BCUT2D eigenvalue weighted by Gasteiger charge is 2.15. The predicted molar refractivity (Wildman–Crippen MR) is 116 cm³/mol. The number of guanidine groups is 1. The Morgan fingerprint density at radius 3 is 1.94 bits per heavy atom. The highest BCUT2D eigenvalue weighted by Crippen LogP contribution is 2.18. The zero-order valence-electron chi connectivity index (χ0n) is 17.1. The number of hydrogen-bond acceptors (Lipinski definition) is 7. The second-order valence-electron chi connectivity index (χ2n) is 6.14. The van der Waals surface area contributed by atoms with Crippen LogP contribution in [0.15, 0.2) is 48.5 Å². The summed E-state index contributed by atoms with van der Waals surface area (Å²) in [5, 5.41) is 18.9. The van der Waals surface area contributed by atoms with E-state index in [9.17, 15) is 22.8 Å². The zero-order valence-corrected chi connectivity index (χ0v) is 17.9. The lowest BCUT2D eigenvalue weighted by Crippen LogP contribution is -2.43. The molecule has 0 aromatic heterocycles. The average Bonchev–Trinajstić information content (AvgIpc) is 2.71. The number of nitrogens with one attached hydrogen (secondary N) is 2. The fourth-order valence-corrected chi connectivity index (χ4v) is 2.15. The number of esters is 1. The van der Waals surface area contributed by atoms with E-state index in [2.05, 4.69) is 5.32 Å². The summed E-state index contributed by atoms with van der Waals surface area (Å²) in [6, 6.07) is 11.5. The maximum atomic E-state index is 12.2. The van der Waals surface area contributed by atoms with Crippen LogP contribution in [0.2, 0.25) is 0 Å². The lowest BCUT2D eigenvalue weighted by Gasteiger charge is -2.21. The van der Waals surface area contributed by atoms with Gasteiger partial charge in [-0.2, -0.15) is 8.42 Å². The number of aromatic carboxylic acids is 1. The molecular weight excluding hydrogens is 444 g/mol. The smallest absolute Gasteiger partial charge is 0.343 e. The van der Waals surface area contributed by atoms with Crippen molar-refractivity contribution in [1.82, 2.24) is 5.32 Å². The highest BCUT2D eigenvalue weighted by atomic mass is 32.2. The molecule has 0 saturated heterocycles. The van der Waals surface area contributed by atoms with Crippen LogP contribution in [-0.2, 0) is 14.9 Å². The number of carbonyl (C=O) groups is 3. The second kappa shape index (κ2) is 11.4. The largest absolute Gasteiger partial charge is 0.478 e. The monoisotopic (exact) mass is 466 g/mol. The van der Waals surface area contributed by atoms with Crippen LogP contribution in [0.25, 0.3) is 0 Å². The van der Waals surface area contributed by atoms with E-state index in [1.54, 1.807) is 0 Å². The van der Waals surface area contributed by atoms with Crippen molar-refractivity contribution in [3.63, 3.8) is 0 Å². The molecule has 32 heavy (non-hydrogen) atoms. The third-order valence-electron chi connectivity index (χ3n) is 3.60. The van der Waals surface area contributed by atoms with Crippen LogP contribution >= 0.6 is 0 Å². The normalized spacial score (nSPS) is 10.2. The van der Waals surface area contributed by atoms with Crippen molar-refractivity contribution in [2.45, 2.75) is 0 Å². The van der Waals surface area contributed by atoms with E-state index in [-0.39, 0.29) is 35.3 Å². The summed E-state index contributed by atoms with van der Waals surface area (Å²) in [7, 11) is -2.19. The number of rotatable bonds is 6. The molecule has 2 rings (SSSR count). The third-order valence-corrected chi connectivity index (χ3v) is 3.60. The maximum absolute atomic E-state index is 12.2. The van der Waals surface area contributed by atoms with Gasteiger partial charge in [0.15, 0.2) is 5.96 Å². The molecule has 0 aliphatic carbocycles. The van der Waals surface area contributed by atoms with Gasteiger partial charge in [0.25, 0.3) is 10.1 Å². The third kappa shape index (κ3) is 9.23. The molecule has 12 nitrogen and oxygen atoms in total. The summed E-state index contributed by atoms with van der Waals surface area (Å²) in [5.41, 5.74) is 6.29. The molecule has 0 fully saturated rings. The van der Waals surface area contributed by atoms with E-state index < -0.39 is 22.1 Å². The quantitative estimate of drug-likeness (QED) is 0.132. The molecule has 1 amide bonds. The molecule has 0 aliphatic heterocycles. The summed E-state index contributed by atoms with van der Waals surface area (Å²) in [6.07, 6.45) is 0.715. The van der Waals surface area contributed by atoms with Gasteiger partial charge in [-0.3, -0.25) is 14.8 Å². The summed E-state index contributed by atoms with van der Waals surface area (Å²) < 4.78 is 31.1. The number of nitrogens with zero attached hydrogens (tertiary/aromatic N) is 1. The van der Waals surface area contributed by atoms with Gasteiger partial charge in [0.2, 0.25) is 5.91 Å². The van der Waals surface area contributed by atoms with Crippen LogP contribution in [0, 0.1) is 5.41 Å². The van der Waals surface area contributed by atoms with E-state index in [0.29, 0.717) is 11.9 Å².